The third-order valence-corrected chi connectivity index (χ3v) is 3.37. The van der Waals surface area contributed by atoms with Crippen LogP contribution < -0.4 is 10.9 Å². The van der Waals surface area contributed by atoms with Crippen molar-refractivity contribution in [1.29, 1.82) is 0 Å². The van der Waals surface area contributed by atoms with E-state index in [4.69, 9.17) is 0 Å². The van der Waals surface area contributed by atoms with Gasteiger partial charge in [0, 0.05) is 43.3 Å². The van der Waals surface area contributed by atoms with E-state index in [1.807, 2.05) is 11.0 Å². The van der Waals surface area contributed by atoms with Crippen LogP contribution in [0.4, 0.5) is 0 Å². The number of aromatic amines is 1. The van der Waals surface area contributed by atoms with Crippen LogP contribution in [-0.4, -0.2) is 42.0 Å². The van der Waals surface area contributed by atoms with E-state index in [1.165, 1.54) is 6.07 Å². The summed E-state index contributed by atoms with van der Waals surface area (Å²) in [7, 11) is 0. The van der Waals surface area contributed by atoms with Gasteiger partial charge in [-0.2, -0.15) is 0 Å². The highest BCUT2D eigenvalue weighted by atomic mass is 16.2. The number of benzene rings is 1. The Morgan fingerprint density at radius 1 is 1.11 bits per heavy atom. The molecule has 1 amide bonds. The van der Waals surface area contributed by atoms with Crippen LogP contribution in [-0.2, 0) is 0 Å². The molecule has 1 fully saturated rings. The van der Waals surface area contributed by atoms with Crippen LogP contribution in [0.15, 0.2) is 35.1 Å². The molecule has 19 heavy (non-hydrogen) atoms. The average molecular weight is 257 g/mol. The van der Waals surface area contributed by atoms with Gasteiger partial charge >= 0.3 is 0 Å². The van der Waals surface area contributed by atoms with Crippen molar-refractivity contribution >= 4 is 16.8 Å². The molecule has 0 bridgehead atoms. The third kappa shape index (κ3) is 2.37. The molecule has 5 heteroatoms. The Hall–Kier alpha value is -2.14. The Morgan fingerprint density at radius 3 is 2.68 bits per heavy atom. The van der Waals surface area contributed by atoms with Gasteiger partial charge < -0.3 is 15.2 Å². The Balaban J connectivity index is 1.94. The summed E-state index contributed by atoms with van der Waals surface area (Å²) in [6, 6.07) is 8.59. The molecule has 0 aliphatic carbocycles. The number of carbonyl (C=O) groups is 1. The van der Waals surface area contributed by atoms with Gasteiger partial charge in [0.2, 0.25) is 5.56 Å². The van der Waals surface area contributed by atoms with Gasteiger partial charge in [-0.05, 0) is 29.7 Å². The maximum absolute atomic E-state index is 12.3. The Kier molecular flexibility index (Phi) is 3.05. The van der Waals surface area contributed by atoms with Gasteiger partial charge in [-0.3, -0.25) is 9.59 Å². The molecule has 0 spiro atoms. The molecule has 1 aliphatic heterocycles. The van der Waals surface area contributed by atoms with E-state index in [-0.39, 0.29) is 11.5 Å². The number of piperazine rings is 1. The van der Waals surface area contributed by atoms with E-state index in [1.54, 1.807) is 18.2 Å². The number of fused-ring (bicyclic) bond motifs is 1. The monoisotopic (exact) mass is 257 g/mol. The highest BCUT2D eigenvalue weighted by molar-refractivity contribution is 5.98. The Morgan fingerprint density at radius 2 is 1.89 bits per heavy atom. The van der Waals surface area contributed by atoms with Crippen molar-refractivity contribution < 1.29 is 4.79 Å². The Bertz CT molecular complexity index is 672. The van der Waals surface area contributed by atoms with Gasteiger partial charge in [-0.1, -0.05) is 0 Å². The first-order chi connectivity index (χ1) is 9.24. The van der Waals surface area contributed by atoms with Gasteiger partial charge in [0.1, 0.15) is 0 Å². The van der Waals surface area contributed by atoms with Crippen LogP contribution in [0.2, 0.25) is 0 Å². The zero-order chi connectivity index (χ0) is 13.2. The standard InChI is InChI=1S/C14H15N3O2/c18-13-4-2-10-9-11(1-3-12(10)16-13)14(19)17-7-5-15-6-8-17/h1-4,9,15H,5-8H2,(H,16,18). The second kappa shape index (κ2) is 4.85. The average Bonchev–Trinajstić information content (AvgIpc) is 2.47. The molecule has 3 rings (SSSR count). The minimum absolute atomic E-state index is 0.0506. The van der Waals surface area contributed by atoms with Gasteiger partial charge in [0.25, 0.3) is 5.91 Å². The molecule has 2 heterocycles. The lowest BCUT2D eigenvalue weighted by atomic mass is 10.1. The fourth-order valence-corrected chi connectivity index (χ4v) is 2.34. The quantitative estimate of drug-likeness (QED) is 0.785. The van der Waals surface area contributed by atoms with Crippen LogP contribution in [0.25, 0.3) is 10.9 Å². The van der Waals surface area contributed by atoms with E-state index in [0.29, 0.717) is 5.56 Å². The van der Waals surface area contributed by atoms with Crippen molar-refractivity contribution in [3.05, 3.63) is 46.2 Å². The number of amides is 1. The van der Waals surface area contributed by atoms with Crippen molar-refractivity contribution in [2.75, 3.05) is 26.2 Å². The highest BCUT2D eigenvalue weighted by Gasteiger charge is 2.17. The molecular formula is C14H15N3O2. The normalized spacial score (nSPS) is 15.7. The Labute approximate surface area is 110 Å². The minimum Gasteiger partial charge on any atom is -0.336 e. The molecule has 98 valence electrons. The zero-order valence-corrected chi connectivity index (χ0v) is 10.5. The van der Waals surface area contributed by atoms with Crippen molar-refractivity contribution in [3.63, 3.8) is 0 Å². The van der Waals surface area contributed by atoms with E-state index in [9.17, 15) is 9.59 Å². The summed E-state index contributed by atoms with van der Waals surface area (Å²) >= 11 is 0. The topological polar surface area (TPSA) is 65.2 Å². The number of rotatable bonds is 1. The van der Waals surface area contributed by atoms with Crippen LogP contribution in [0, 0.1) is 0 Å². The van der Waals surface area contributed by atoms with Crippen LogP contribution in [0.3, 0.4) is 0 Å². The minimum atomic E-state index is -0.131. The summed E-state index contributed by atoms with van der Waals surface area (Å²) in [5.41, 5.74) is 1.29. The maximum Gasteiger partial charge on any atom is 0.253 e. The molecule has 2 aromatic rings. The number of carbonyl (C=O) groups excluding carboxylic acids is 1. The smallest absolute Gasteiger partial charge is 0.253 e. The largest absolute Gasteiger partial charge is 0.336 e. The van der Waals surface area contributed by atoms with Crippen molar-refractivity contribution in [2.45, 2.75) is 0 Å². The fraction of sp³-hybridized carbons (Fsp3) is 0.286. The lowest BCUT2D eigenvalue weighted by Gasteiger charge is -2.27. The SMILES string of the molecule is O=C(c1ccc2[nH]c(=O)ccc2c1)N1CCNCC1. The summed E-state index contributed by atoms with van der Waals surface area (Å²) in [4.78, 5) is 28.1. The van der Waals surface area contributed by atoms with E-state index >= 15 is 0 Å². The molecule has 1 aromatic carbocycles. The van der Waals surface area contributed by atoms with Crippen molar-refractivity contribution in [1.82, 2.24) is 15.2 Å². The lowest BCUT2D eigenvalue weighted by molar-refractivity contribution is 0.0736. The van der Waals surface area contributed by atoms with Crippen molar-refractivity contribution in [2.24, 2.45) is 0 Å². The molecule has 5 nitrogen and oxygen atoms in total. The summed E-state index contributed by atoms with van der Waals surface area (Å²) < 4.78 is 0. The van der Waals surface area contributed by atoms with Gasteiger partial charge in [0.05, 0.1) is 0 Å². The molecule has 2 N–H and O–H groups in total. The first-order valence-corrected chi connectivity index (χ1v) is 6.37. The van der Waals surface area contributed by atoms with Crippen LogP contribution >= 0.6 is 0 Å². The summed E-state index contributed by atoms with van der Waals surface area (Å²) in [5.74, 6) is 0.0506. The zero-order valence-electron chi connectivity index (χ0n) is 10.5. The molecule has 0 saturated carbocycles. The number of hydrogen-bond acceptors (Lipinski definition) is 3. The number of nitrogens with zero attached hydrogens (tertiary/aromatic N) is 1. The second-order valence-corrected chi connectivity index (χ2v) is 4.67. The predicted molar refractivity (Wildman–Crippen MR) is 73.3 cm³/mol. The fourth-order valence-electron chi connectivity index (χ4n) is 2.34. The second-order valence-electron chi connectivity index (χ2n) is 4.67. The summed E-state index contributed by atoms with van der Waals surface area (Å²) in [5, 5.41) is 4.10. The lowest BCUT2D eigenvalue weighted by Crippen LogP contribution is -2.46. The number of pyridine rings is 1. The molecular weight excluding hydrogens is 242 g/mol. The molecule has 0 radical (unpaired) electrons. The molecule has 1 aliphatic rings. The van der Waals surface area contributed by atoms with E-state index in [2.05, 4.69) is 10.3 Å². The molecule has 1 saturated heterocycles. The van der Waals surface area contributed by atoms with Crippen LogP contribution in [0.5, 0.6) is 0 Å². The van der Waals surface area contributed by atoms with Crippen molar-refractivity contribution in [3.8, 4) is 0 Å². The van der Waals surface area contributed by atoms with Gasteiger partial charge in [0.15, 0.2) is 0 Å². The molecule has 0 atom stereocenters. The maximum atomic E-state index is 12.3. The highest BCUT2D eigenvalue weighted by Crippen LogP contribution is 2.14. The van der Waals surface area contributed by atoms with Gasteiger partial charge in [-0.25, -0.2) is 0 Å². The number of hydrogen-bond donors (Lipinski definition) is 2. The van der Waals surface area contributed by atoms with E-state index in [0.717, 1.165) is 37.1 Å². The van der Waals surface area contributed by atoms with E-state index < -0.39 is 0 Å². The first-order valence-electron chi connectivity index (χ1n) is 6.37. The number of H-pyrrole nitrogens is 1. The van der Waals surface area contributed by atoms with Gasteiger partial charge in [-0.15, -0.1) is 0 Å². The first kappa shape index (κ1) is 11.9. The summed E-state index contributed by atoms with van der Waals surface area (Å²) in [6.45, 7) is 3.16. The number of nitrogens with one attached hydrogen (secondary N) is 2. The summed E-state index contributed by atoms with van der Waals surface area (Å²) in [6.07, 6.45) is 0. The molecule has 0 unspecified atom stereocenters. The predicted octanol–water partition coefficient (Wildman–Crippen LogP) is 0.573. The van der Waals surface area contributed by atoms with Crippen LogP contribution in [0.1, 0.15) is 10.4 Å². The number of aromatic nitrogens is 1. The molecule has 1 aromatic heterocycles. The third-order valence-electron chi connectivity index (χ3n) is 3.37.